The molecule has 3 nitrogen and oxygen atoms in total. The number of benzene rings is 1. The van der Waals surface area contributed by atoms with E-state index in [9.17, 15) is 0 Å². The van der Waals surface area contributed by atoms with Crippen LogP contribution in [0.25, 0.3) is 0 Å². The molecule has 1 fully saturated rings. The maximum atomic E-state index is 5.74. The molecule has 114 valence electrons. The SMILES string of the molecule is CC.CCc1ccc(OCCCN2CCOCC2)cc1. The van der Waals surface area contributed by atoms with E-state index in [0.29, 0.717) is 0 Å². The lowest BCUT2D eigenvalue weighted by Gasteiger charge is -2.26. The number of aryl methyl sites for hydroxylation is 1. The summed E-state index contributed by atoms with van der Waals surface area (Å²) in [5.41, 5.74) is 1.36. The molecule has 0 atom stereocenters. The van der Waals surface area contributed by atoms with Crippen molar-refractivity contribution in [2.75, 3.05) is 39.5 Å². The molecule has 0 spiro atoms. The molecular weight excluding hydrogens is 250 g/mol. The van der Waals surface area contributed by atoms with Crippen LogP contribution < -0.4 is 4.74 Å². The van der Waals surface area contributed by atoms with Crippen molar-refractivity contribution in [1.82, 2.24) is 4.90 Å². The van der Waals surface area contributed by atoms with Gasteiger partial charge in [-0.25, -0.2) is 0 Å². The lowest BCUT2D eigenvalue weighted by Crippen LogP contribution is -2.37. The summed E-state index contributed by atoms with van der Waals surface area (Å²) < 4.78 is 11.1. The molecule has 0 saturated carbocycles. The smallest absolute Gasteiger partial charge is 0.119 e. The van der Waals surface area contributed by atoms with Crippen LogP contribution in [0.15, 0.2) is 24.3 Å². The zero-order valence-electron chi connectivity index (χ0n) is 13.2. The van der Waals surface area contributed by atoms with E-state index >= 15 is 0 Å². The van der Waals surface area contributed by atoms with Gasteiger partial charge in [0.1, 0.15) is 5.75 Å². The minimum absolute atomic E-state index is 0.794. The molecule has 1 aromatic rings. The third-order valence-corrected chi connectivity index (χ3v) is 3.32. The van der Waals surface area contributed by atoms with Crippen molar-refractivity contribution < 1.29 is 9.47 Å². The molecule has 1 aliphatic rings. The summed E-state index contributed by atoms with van der Waals surface area (Å²) in [6.07, 6.45) is 2.16. The van der Waals surface area contributed by atoms with Crippen molar-refractivity contribution in [3.05, 3.63) is 29.8 Å². The highest BCUT2D eigenvalue weighted by atomic mass is 16.5. The summed E-state index contributed by atoms with van der Waals surface area (Å²) in [5.74, 6) is 0.981. The quantitative estimate of drug-likeness (QED) is 0.745. The Morgan fingerprint density at radius 1 is 1.10 bits per heavy atom. The molecule has 0 aromatic heterocycles. The molecule has 1 aliphatic heterocycles. The van der Waals surface area contributed by atoms with E-state index in [4.69, 9.17) is 9.47 Å². The standard InChI is InChI=1S/C15H23NO2.C2H6/c1-2-14-4-6-15(7-5-14)18-11-3-8-16-9-12-17-13-10-16;1-2/h4-7H,2-3,8-13H2,1H3;1-2H3. The zero-order chi connectivity index (χ0) is 14.6. The Labute approximate surface area is 123 Å². The van der Waals surface area contributed by atoms with Crippen LogP contribution in [0.5, 0.6) is 5.75 Å². The number of nitrogens with zero attached hydrogens (tertiary/aromatic N) is 1. The van der Waals surface area contributed by atoms with Gasteiger partial charge >= 0.3 is 0 Å². The minimum atomic E-state index is 0.794. The van der Waals surface area contributed by atoms with Crippen LogP contribution in [0.3, 0.4) is 0 Å². The Morgan fingerprint density at radius 2 is 1.75 bits per heavy atom. The van der Waals surface area contributed by atoms with Gasteiger partial charge in [0.2, 0.25) is 0 Å². The molecule has 0 radical (unpaired) electrons. The molecule has 1 saturated heterocycles. The van der Waals surface area contributed by atoms with Gasteiger partial charge in [0, 0.05) is 19.6 Å². The van der Waals surface area contributed by atoms with Gasteiger partial charge in [-0.1, -0.05) is 32.9 Å². The summed E-state index contributed by atoms with van der Waals surface area (Å²) in [5, 5.41) is 0. The van der Waals surface area contributed by atoms with E-state index in [1.54, 1.807) is 0 Å². The first-order valence-electron chi connectivity index (χ1n) is 7.90. The fraction of sp³-hybridized carbons (Fsp3) is 0.647. The van der Waals surface area contributed by atoms with Gasteiger partial charge in [-0.3, -0.25) is 4.90 Å². The molecule has 0 unspecified atom stereocenters. The van der Waals surface area contributed by atoms with E-state index in [1.165, 1.54) is 5.56 Å². The minimum Gasteiger partial charge on any atom is -0.494 e. The van der Waals surface area contributed by atoms with Crippen molar-refractivity contribution >= 4 is 0 Å². The summed E-state index contributed by atoms with van der Waals surface area (Å²) in [6.45, 7) is 11.9. The molecule has 1 aromatic carbocycles. The van der Waals surface area contributed by atoms with E-state index in [0.717, 1.165) is 58.0 Å². The average molecular weight is 279 g/mol. The highest BCUT2D eigenvalue weighted by Crippen LogP contribution is 2.12. The molecule has 0 N–H and O–H groups in total. The normalized spacial score (nSPS) is 15.3. The molecule has 2 rings (SSSR count). The maximum absolute atomic E-state index is 5.74. The van der Waals surface area contributed by atoms with Gasteiger partial charge in [-0.15, -0.1) is 0 Å². The van der Waals surface area contributed by atoms with Crippen LogP contribution in [0, 0.1) is 0 Å². The molecule has 20 heavy (non-hydrogen) atoms. The fourth-order valence-electron chi connectivity index (χ4n) is 2.12. The van der Waals surface area contributed by atoms with E-state index < -0.39 is 0 Å². The number of rotatable bonds is 6. The van der Waals surface area contributed by atoms with Crippen LogP contribution in [-0.2, 0) is 11.2 Å². The van der Waals surface area contributed by atoms with Gasteiger partial charge in [-0.05, 0) is 30.5 Å². The van der Waals surface area contributed by atoms with Crippen LogP contribution in [0.2, 0.25) is 0 Å². The number of hydrogen-bond donors (Lipinski definition) is 0. The number of ether oxygens (including phenoxy) is 2. The molecule has 0 amide bonds. The topological polar surface area (TPSA) is 21.7 Å². The van der Waals surface area contributed by atoms with Gasteiger partial charge in [0.05, 0.1) is 19.8 Å². The first-order valence-corrected chi connectivity index (χ1v) is 7.90. The summed E-state index contributed by atoms with van der Waals surface area (Å²) >= 11 is 0. The monoisotopic (exact) mass is 279 g/mol. The van der Waals surface area contributed by atoms with Crippen molar-refractivity contribution in [3.8, 4) is 5.75 Å². The van der Waals surface area contributed by atoms with Crippen molar-refractivity contribution in [2.45, 2.75) is 33.6 Å². The maximum Gasteiger partial charge on any atom is 0.119 e. The lowest BCUT2D eigenvalue weighted by atomic mass is 10.2. The summed E-state index contributed by atoms with van der Waals surface area (Å²) in [6, 6.07) is 8.40. The van der Waals surface area contributed by atoms with Crippen LogP contribution in [0.1, 0.15) is 32.8 Å². The van der Waals surface area contributed by atoms with E-state index in [2.05, 4.69) is 36.1 Å². The predicted molar refractivity (Wildman–Crippen MR) is 84.5 cm³/mol. The summed E-state index contributed by atoms with van der Waals surface area (Å²) in [7, 11) is 0. The van der Waals surface area contributed by atoms with Crippen LogP contribution in [0.4, 0.5) is 0 Å². The van der Waals surface area contributed by atoms with Crippen molar-refractivity contribution in [2.24, 2.45) is 0 Å². The first-order chi connectivity index (χ1) is 9.88. The Hall–Kier alpha value is -1.06. The number of hydrogen-bond acceptors (Lipinski definition) is 3. The molecular formula is C17H29NO2. The third-order valence-electron chi connectivity index (χ3n) is 3.32. The van der Waals surface area contributed by atoms with Crippen molar-refractivity contribution in [3.63, 3.8) is 0 Å². The molecule has 0 aliphatic carbocycles. The lowest BCUT2D eigenvalue weighted by molar-refractivity contribution is 0.0358. The van der Waals surface area contributed by atoms with E-state index in [-0.39, 0.29) is 0 Å². The Bertz CT molecular complexity index is 331. The van der Waals surface area contributed by atoms with Gasteiger partial charge in [-0.2, -0.15) is 0 Å². The highest BCUT2D eigenvalue weighted by Gasteiger charge is 2.09. The van der Waals surface area contributed by atoms with Crippen LogP contribution in [-0.4, -0.2) is 44.4 Å². The largest absolute Gasteiger partial charge is 0.494 e. The predicted octanol–water partition coefficient (Wildman–Crippen LogP) is 3.38. The summed E-state index contributed by atoms with van der Waals surface area (Å²) in [4.78, 5) is 2.44. The highest BCUT2D eigenvalue weighted by molar-refractivity contribution is 5.27. The Morgan fingerprint density at radius 3 is 2.35 bits per heavy atom. The zero-order valence-corrected chi connectivity index (χ0v) is 13.2. The van der Waals surface area contributed by atoms with Gasteiger partial charge in [0.15, 0.2) is 0 Å². The Kier molecular flexibility index (Phi) is 9.09. The van der Waals surface area contributed by atoms with Crippen molar-refractivity contribution in [1.29, 1.82) is 0 Å². The Balaban J connectivity index is 0.000000956. The van der Waals surface area contributed by atoms with Crippen LogP contribution >= 0.6 is 0 Å². The number of morpholine rings is 1. The van der Waals surface area contributed by atoms with Gasteiger partial charge in [0.25, 0.3) is 0 Å². The third kappa shape index (κ3) is 6.40. The second-order valence-electron chi connectivity index (χ2n) is 4.65. The van der Waals surface area contributed by atoms with Gasteiger partial charge < -0.3 is 9.47 Å². The second kappa shape index (κ2) is 10.7. The first kappa shape index (κ1) is 17.0. The molecule has 3 heteroatoms. The fourth-order valence-corrected chi connectivity index (χ4v) is 2.12. The molecule has 1 heterocycles. The molecule has 0 bridgehead atoms. The van der Waals surface area contributed by atoms with E-state index in [1.807, 2.05) is 13.8 Å². The average Bonchev–Trinajstić information content (AvgIpc) is 2.55. The second-order valence-corrected chi connectivity index (χ2v) is 4.65.